The lowest BCUT2D eigenvalue weighted by Gasteiger charge is -2.41. The van der Waals surface area contributed by atoms with E-state index in [1.54, 1.807) is 54.8 Å². The molecule has 2 unspecified atom stereocenters. The lowest BCUT2D eigenvalue weighted by Crippen LogP contribution is -2.61. The van der Waals surface area contributed by atoms with Gasteiger partial charge in [-0.15, -0.1) is 0 Å². The Labute approximate surface area is 409 Å². The van der Waals surface area contributed by atoms with Gasteiger partial charge in [-0.05, 0) is 89.8 Å². The zero-order valence-electron chi connectivity index (χ0n) is 40.8. The summed E-state index contributed by atoms with van der Waals surface area (Å²) in [6.45, 7) is 15.2. The van der Waals surface area contributed by atoms with Gasteiger partial charge in [-0.1, -0.05) is 97.1 Å². The van der Waals surface area contributed by atoms with Crippen LogP contribution in [0, 0.1) is 0 Å². The largest absolute Gasteiger partial charge is 0.445 e. The molecule has 3 aliphatic rings. The van der Waals surface area contributed by atoms with E-state index in [0.29, 0.717) is 31.9 Å². The smallest absolute Gasteiger partial charge is 0.410 e. The van der Waals surface area contributed by atoms with E-state index >= 15 is 0 Å². The summed E-state index contributed by atoms with van der Waals surface area (Å²) < 4.78 is 26.9. The van der Waals surface area contributed by atoms with Gasteiger partial charge < -0.3 is 44.1 Å². The molecule has 4 aromatic rings. The van der Waals surface area contributed by atoms with E-state index in [1.807, 2.05) is 118 Å². The average Bonchev–Trinajstić information content (AvgIpc) is 3.93. The van der Waals surface area contributed by atoms with Crippen LogP contribution >= 0.6 is 0 Å². The maximum atomic E-state index is 13.1. The quantitative estimate of drug-likeness (QED) is 0.122. The van der Waals surface area contributed by atoms with Gasteiger partial charge in [-0.25, -0.2) is 19.2 Å². The minimum absolute atomic E-state index is 0. The van der Waals surface area contributed by atoms with Crippen LogP contribution in [-0.4, -0.2) is 141 Å². The van der Waals surface area contributed by atoms with Crippen molar-refractivity contribution in [2.45, 2.75) is 90.9 Å². The molecule has 0 aliphatic carbocycles. The maximum Gasteiger partial charge on any atom is 0.410 e. The number of carbonyl (C=O) groups excluding carboxylic acids is 5. The summed E-state index contributed by atoms with van der Waals surface area (Å²) in [5.41, 5.74) is 2.10. The number of nitrogens with one attached hydrogen (secondary N) is 2. The second-order valence-electron chi connectivity index (χ2n) is 18.4. The standard InChI is InChI=1S/C24H29N3O5.C24H31N3O4.C4H8O.B/c1-24(2,3)32-22(29)26-14-15-27(23(30)31-17-18-10-6-4-7-11-18)20(16-26)21(28)25-19-12-8-5-9-13-19;1-24(2,3)31-22(28)26-14-15-27(23(29)30-18-19-10-6-4-7-11-19)21(17-26)16-25-20-12-8-5-9-13-20;1-2-4-5-3-1;/h4-13,20H,14-17H2,1-3H3,(H,25,28);4-13,21,25H,14-18H2,1-3H3;1-4H2;. The van der Waals surface area contributed by atoms with Gasteiger partial charge in [0.15, 0.2) is 0 Å². The molecule has 0 saturated carbocycles. The van der Waals surface area contributed by atoms with Crippen molar-refractivity contribution in [3.63, 3.8) is 0 Å². The summed E-state index contributed by atoms with van der Waals surface area (Å²) in [7, 11) is 0. The normalized spacial score (nSPS) is 16.7. The Morgan fingerprint density at radius 3 is 1.42 bits per heavy atom. The molecule has 3 radical (unpaired) electrons. The molecule has 0 spiro atoms. The van der Waals surface area contributed by atoms with E-state index in [9.17, 15) is 24.0 Å². The van der Waals surface area contributed by atoms with Crippen LogP contribution in [0.15, 0.2) is 121 Å². The van der Waals surface area contributed by atoms with E-state index in [0.717, 1.165) is 30.0 Å². The molecule has 7 rings (SSSR count). The van der Waals surface area contributed by atoms with Gasteiger partial charge in [0.25, 0.3) is 0 Å². The predicted molar refractivity (Wildman–Crippen MR) is 266 cm³/mol. The lowest BCUT2D eigenvalue weighted by molar-refractivity contribution is -0.122. The summed E-state index contributed by atoms with van der Waals surface area (Å²) in [5, 5.41) is 6.16. The highest BCUT2D eigenvalue weighted by atomic mass is 16.6. The molecule has 17 heteroatoms. The second-order valence-corrected chi connectivity index (χ2v) is 18.4. The molecule has 69 heavy (non-hydrogen) atoms. The number of ether oxygens (including phenoxy) is 5. The number of carbonyl (C=O) groups is 5. The van der Waals surface area contributed by atoms with Gasteiger partial charge in [-0.2, -0.15) is 0 Å². The number of anilines is 2. The monoisotopic (exact) mass is 948 g/mol. The van der Waals surface area contributed by atoms with Crippen LogP contribution in [0.2, 0.25) is 0 Å². The summed E-state index contributed by atoms with van der Waals surface area (Å²) in [6, 6.07) is 36.5. The van der Waals surface area contributed by atoms with E-state index < -0.39 is 35.3 Å². The van der Waals surface area contributed by atoms with Crippen molar-refractivity contribution in [3.8, 4) is 0 Å². The first kappa shape index (κ1) is 54.9. The molecule has 3 saturated heterocycles. The molecule has 2 atom stereocenters. The van der Waals surface area contributed by atoms with Crippen molar-refractivity contribution in [3.05, 3.63) is 132 Å². The van der Waals surface area contributed by atoms with Crippen LogP contribution in [0.1, 0.15) is 65.5 Å². The molecule has 0 aromatic heterocycles. The highest BCUT2D eigenvalue weighted by molar-refractivity contribution is 5.97. The highest BCUT2D eigenvalue weighted by Gasteiger charge is 2.39. The van der Waals surface area contributed by atoms with Gasteiger partial charge in [0.05, 0.1) is 12.6 Å². The molecule has 5 amide bonds. The zero-order chi connectivity index (χ0) is 48.9. The Morgan fingerprint density at radius 1 is 0.551 bits per heavy atom. The lowest BCUT2D eigenvalue weighted by atomic mass is 10.1. The van der Waals surface area contributed by atoms with Crippen molar-refractivity contribution in [2.75, 3.05) is 69.7 Å². The van der Waals surface area contributed by atoms with Crippen molar-refractivity contribution in [2.24, 2.45) is 0 Å². The van der Waals surface area contributed by atoms with Crippen LogP contribution in [0.25, 0.3) is 0 Å². The first-order valence-electron chi connectivity index (χ1n) is 23.2. The summed E-state index contributed by atoms with van der Waals surface area (Å²) in [4.78, 5) is 70.0. The molecule has 3 heterocycles. The molecule has 0 bridgehead atoms. The van der Waals surface area contributed by atoms with Crippen molar-refractivity contribution in [1.82, 2.24) is 19.6 Å². The van der Waals surface area contributed by atoms with Gasteiger partial charge >= 0.3 is 24.4 Å². The molecule has 16 nitrogen and oxygen atoms in total. The van der Waals surface area contributed by atoms with Crippen molar-refractivity contribution in [1.29, 1.82) is 0 Å². The van der Waals surface area contributed by atoms with Gasteiger partial charge in [0.2, 0.25) is 5.91 Å². The molecular formula is C52H68BN6O10. The second kappa shape index (κ2) is 27.3. The Balaban J connectivity index is 0.000000269. The SMILES string of the molecule is C1CCOC1.CC(C)(C)OC(=O)N1CCN(C(=O)OCc2ccccc2)C(C(=O)Nc2ccccc2)C1.CC(C)(C)OC(=O)N1CCN(C(=O)OCc2ccccc2)C(CNc2ccccc2)C1.[B]. The number of piperazine rings is 2. The average molecular weight is 948 g/mol. The van der Waals surface area contributed by atoms with Crippen LogP contribution in [-0.2, 0) is 41.7 Å². The number of hydrogen-bond acceptors (Lipinski definition) is 11. The van der Waals surface area contributed by atoms with Gasteiger partial charge in [0, 0.05) is 72.3 Å². The number of para-hydroxylation sites is 2. The van der Waals surface area contributed by atoms with E-state index in [2.05, 4.69) is 10.6 Å². The Kier molecular flexibility index (Phi) is 21.7. The molecule has 2 N–H and O–H groups in total. The number of nitrogens with zero attached hydrogens (tertiary/aromatic N) is 4. The topological polar surface area (TPSA) is 169 Å². The first-order chi connectivity index (χ1) is 32.5. The number of rotatable bonds is 9. The third kappa shape index (κ3) is 19.4. The summed E-state index contributed by atoms with van der Waals surface area (Å²) in [5.74, 6) is -0.402. The molecule has 369 valence electrons. The Bertz CT molecular complexity index is 2170. The zero-order valence-corrected chi connectivity index (χ0v) is 40.8. The third-order valence-corrected chi connectivity index (χ3v) is 10.5. The number of amides is 5. The minimum Gasteiger partial charge on any atom is -0.445 e. The van der Waals surface area contributed by atoms with E-state index in [4.69, 9.17) is 23.7 Å². The Hall–Kier alpha value is -6.75. The van der Waals surface area contributed by atoms with Crippen molar-refractivity contribution >= 4 is 50.1 Å². The molecule has 4 aromatic carbocycles. The Morgan fingerprint density at radius 2 is 0.971 bits per heavy atom. The molecular weight excluding hydrogens is 879 g/mol. The number of benzene rings is 4. The van der Waals surface area contributed by atoms with Crippen molar-refractivity contribution < 1.29 is 47.7 Å². The fourth-order valence-corrected chi connectivity index (χ4v) is 7.13. The fourth-order valence-electron chi connectivity index (χ4n) is 7.13. The van der Waals surface area contributed by atoms with Gasteiger partial charge in [-0.3, -0.25) is 14.6 Å². The molecule has 3 fully saturated rings. The first-order valence-corrected chi connectivity index (χ1v) is 23.2. The third-order valence-electron chi connectivity index (χ3n) is 10.5. The highest BCUT2D eigenvalue weighted by Crippen LogP contribution is 2.20. The van der Waals surface area contributed by atoms with Crippen LogP contribution in [0.4, 0.5) is 30.6 Å². The van der Waals surface area contributed by atoms with E-state index in [-0.39, 0.29) is 59.5 Å². The minimum atomic E-state index is -0.917. The fraction of sp³-hybridized carbons (Fsp3) is 0.442. The summed E-state index contributed by atoms with van der Waals surface area (Å²) >= 11 is 0. The maximum absolute atomic E-state index is 13.1. The van der Waals surface area contributed by atoms with E-state index in [1.165, 1.54) is 22.6 Å². The molecule has 3 aliphatic heterocycles. The summed E-state index contributed by atoms with van der Waals surface area (Å²) in [6.07, 6.45) is 0.681. The predicted octanol–water partition coefficient (Wildman–Crippen LogP) is 8.66. The van der Waals surface area contributed by atoms with Crippen LogP contribution in [0.3, 0.4) is 0 Å². The number of hydrogen-bond donors (Lipinski definition) is 2. The van der Waals surface area contributed by atoms with Crippen LogP contribution < -0.4 is 10.6 Å². The van der Waals surface area contributed by atoms with Gasteiger partial charge in [0.1, 0.15) is 30.5 Å². The van der Waals surface area contributed by atoms with Crippen LogP contribution in [0.5, 0.6) is 0 Å².